The molecule has 0 aliphatic carbocycles. The summed E-state index contributed by atoms with van der Waals surface area (Å²) in [6.07, 6.45) is 1.43. The predicted molar refractivity (Wildman–Crippen MR) is 76.9 cm³/mol. The smallest absolute Gasteiger partial charge is 0.360 e. The van der Waals surface area contributed by atoms with Gasteiger partial charge in [-0.25, -0.2) is 9.48 Å². The molecule has 0 aliphatic heterocycles. The summed E-state index contributed by atoms with van der Waals surface area (Å²) in [5, 5.41) is 12.8. The maximum Gasteiger partial charge on any atom is 0.360 e. The first kappa shape index (κ1) is 14.0. The van der Waals surface area contributed by atoms with Gasteiger partial charge in [0.1, 0.15) is 0 Å². The fourth-order valence-electron chi connectivity index (χ4n) is 1.59. The molecule has 0 atom stereocenters. The van der Waals surface area contributed by atoms with Crippen LogP contribution in [-0.2, 0) is 0 Å². The minimum absolute atomic E-state index is 0.512. The fourth-order valence-corrected chi connectivity index (χ4v) is 3.37. The van der Waals surface area contributed by atoms with Gasteiger partial charge in [0.15, 0.2) is 0 Å². The van der Waals surface area contributed by atoms with E-state index in [4.69, 9.17) is 5.11 Å². The van der Waals surface area contributed by atoms with E-state index in [0.717, 1.165) is 14.5 Å². The van der Waals surface area contributed by atoms with Gasteiger partial charge in [0.25, 0.3) is 0 Å². The Hall–Kier alpha value is -1.47. The molecule has 0 saturated carbocycles. The second-order valence-electron chi connectivity index (χ2n) is 3.86. The maximum atomic E-state index is 11.4. The molecule has 1 aromatic carbocycles. The molecule has 5 nitrogen and oxygen atoms in total. The molecule has 2 aromatic rings. The van der Waals surface area contributed by atoms with Gasteiger partial charge in [-0.15, -0.1) is 0 Å². The highest BCUT2D eigenvalue weighted by Crippen LogP contribution is 2.29. The van der Waals surface area contributed by atoms with E-state index in [9.17, 15) is 9.59 Å². The number of carboxylic acids is 1. The van der Waals surface area contributed by atoms with Crippen LogP contribution >= 0.6 is 31.9 Å². The van der Waals surface area contributed by atoms with Crippen molar-refractivity contribution >= 4 is 37.8 Å². The lowest BCUT2D eigenvalue weighted by Gasteiger charge is -2.11. The molecule has 0 bridgehead atoms. The summed E-state index contributed by atoms with van der Waals surface area (Å²) in [5.74, 6) is -1.35. The number of rotatable bonds is 2. The Bertz CT molecular complexity index is 702. The lowest BCUT2D eigenvalue weighted by atomic mass is 10.2. The van der Waals surface area contributed by atoms with Gasteiger partial charge in [-0.05, 0) is 56.5 Å². The van der Waals surface area contributed by atoms with Crippen molar-refractivity contribution in [3.63, 3.8) is 0 Å². The summed E-state index contributed by atoms with van der Waals surface area (Å²) in [7, 11) is 0. The first-order chi connectivity index (χ1) is 8.90. The monoisotopic (exact) mass is 386 g/mol. The van der Waals surface area contributed by atoms with Gasteiger partial charge in [0, 0.05) is 21.2 Å². The third-order valence-corrected chi connectivity index (χ3v) is 3.61. The van der Waals surface area contributed by atoms with Crippen molar-refractivity contribution in [2.75, 3.05) is 0 Å². The van der Waals surface area contributed by atoms with Crippen LogP contribution in [0.1, 0.15) is 16.1 Å². The van der Waals surface area contributed by atoms with Crippen LogP contribution in [0.15, 0.2) is 38.1 Å². The van der Waals surface area contributed by atoms with E-state index in [1.165, 1.54) is 16.9 Å². The molecule has 0 radical (unpaired) electrons. The fraction of sp³-hybridized carbons (Fsp3) is 0.0833. The lowest BCUT2D eigenvalue weighted by molar-refractivity contribution is 0.0687. The number of nitrogens with zero attached hydrogens (tertiary/aromatic N) is 2. The Morgan fingerprint density at radius 2 is 1.89 bits per heavy atom. The van der Waals surface area contributed by atoms with Gasteiger partial charge in [-0.2, -0.15) is 5.10 Å². The summed E-state index contributed by atoms with van der Waals surface area (Å²) >= 11 is 6.80. The molecule has 0 spiro atoms. The number of hydrogen-bond donors (Lipinski definition) is 1. The van der Waals surface area contributed by atoms with Crippen LogP contribution in [0, 0.1) is 6.92 Å². The lowest BCUT2D eigenvalue weighted by Crippen LogP contribution is -2.20. The molecule has 7 heteroatoms. The molecule has 0 aliphatic rings. The number of carboxylic acid groups (broad SMARTS) is 1. The highest BCUT2D eigenvalue weighted by atomic mass is 79.9. The molecule has 0 amide bonds. The molecule has 0 saturated heterocycles. The minimum atomic E-state index is -1.35. The first-order valence-corrected chi connectivity index (χ1v) is 6.78. The van der Waals surface area contributed by atoms with E-state index in [-0.39, 0.29) is 0 Å². The normalized spacial score (nSPS) is 10.5. The van der Waals surface area contributed by atoms with Crippen LogP contribution in [0.2, 0.25) is 0 Å². The van der Waals surface area contributed by atoms with Crippen molar-refractivity contribution in [2.45, 2.75) is 6.92 Å². The van der Waals surface area contributed by atoms with E-state index in [2.05, 4.69) is 37.0 Å². The number of carbonyl (C=O) groups is 1. The molecule has 1 aromatic heterocycles. The van der Waals surface area contributed by atoms with E-state index in [1.807, 2.05) is 19.1 Å². The largest absolute Gasteiger partial charge is 0.476 e. The SMILES string of the molecule is Cc1cc(Br)c(-n2ccc(=O)c(C(=O)O)n2)c(Br)c1. The van der Waals surface area contributed by atoms with Crippen molar-refractivity contribution in [2.24, 2.45) is 0 Å². The Kier molecular flexibility index (Phi) is 3.86. The third-order valence-electron chi connectivity index (χ3n) is 2.40. The van der Waals surface area contributed by atoms with Crippen LogP contribution in [0.25, 0.3) is 5.69 Å². The van der Waals surface area contributed by atoms with Gasteiger partial charge in [-0.1, -0.05) is 0 Å². The molecule has 19 heavy (non-hydrogen) atoms. The quantitative estimate of drug-likeness (QED) is 0.859. The van der Waals surface area contributed by atoms with Crippen molar-refractivity contribution in [3.8, 4) is 5.69 Å². The second-order valence-corrected chi connectivity index (χ2v) is 5.56. The topological polar surface area (TPSA) is 72.2 Å². The molecule has 0 unspecified atom stereocenters. The Morgan fingerprint density at radius 3 is 2.42 bits per heavy atom. The number of halogens is 2. The molecule has 1 heterocycles. The van der Waals surface area contributed by atoms with Crippen LogP contribution < -0.4 is 5.43 Å². The van der Waals surface area contributed by atoms with Crippen molar-refractivity contribution < 1.29 is 9.90 Å². The molecule has 0 fully saturated rings. The van der Waals surface area contributed by atoms with Gasteiger partial charge >= 0.3 is 5.97 Å². The molecular weight excluding hydrogens is 380 g/mol. The van der Waals surface area contributed by atoms with Gasteiger partial charge < -0.3 is 5.11 Å². The molecule has 2 rings (SSSR count). The highest BCUT2D eigenvalue weighted by molar-refractivity contribution is 9.11. The van der Waals surface area contributed by atoms with E-state index >= 15 is 0 Å². The minimum Gasteiger partial charge on any atom is -0.476 e. The van der Waals surface area contributed by atoms with E-state index < -0.39 is 17.1 Å². The van der Waals surface area contributed by atoms with Crippen LogP contribution in [0.4, 0.5) is 0 Å². The van der Waals surface area contributed by atoms with Gasteiger partial charge in [0.05, 0.1) is 5.69 Å². The van der Waals surface area contributed by atoms with E-state index in [1.54, 1.807) is 0 Å². The van der Waals surface area contributed by atoms with Crippen molar-refractivity contribution in [1.82, 2.24) is 9.78 Å². The second kappa shape index (κ2) is 5.26. The number of aromatic nitrogens is 2. The maximum absolute atomic E-state index is 11.4. The molecular formula is C12H8Br2N2O3. The standard InChI is InChI=1S/C12H8Br2N2O3/c1-6-4-7(13)11(8(14)5-6)16-3-2-9(17)10(15-16)12(18)19/h2-5H,1H3,(H,18,19). The third kappa shape index (κ3) is 2.76. The summed E-state index contributed by atoms with van der Waals surface area (Å²) in [4.78, 5) is 22.3. The van der Waals surface area contributed by atoms with Crippen LogP contribution in [-0.4, -0.2) is 20.9 Å². The average Bonchev–Trinajstić information content (AvgIpc) is 2.29. The summed E-state index contributed by atoms with van der Waals surface area (Å²) in [6.45, 7) is 1.93. The van der Waals surface area contributed by atoms with Crippen molar-refractivity contribution in [1.29, 1.82) is 0 Å². The highest BCUT2D eigenvalue weighted by Gasteiger charge is 2.14. The first-order valence-electron chi connectivity index (χ1n) is 5.19. The Balaban J connectivity index is 2.70. The Morgan fingerprint density at radius 1 is 1.32 bits per heavy atom. The van der Waals surface area contributed by atoms with E-state index in [0.29, 0.717) is 5.69 Å². The number of benzene rings is 1. The Labute approximate surface area is 125 Å². The molecule has 98 valence electrons. The predicted octanol–water partition coefficient (Wildman–Crippen LogP) is 2.76. The van der Waals surface area contributed by atoms with Crippen LogP contribution in [0.5, 0.6) is 0 Å². The number of hydrogen-bond acceptors (Lipinski definition) is 3. The summed E-state index contributed by atoms with van der Waals surface area (Å²) < 4.78 is 2.83. The van der Waals surface area contributed by atoms with Crippen molar-refractivity contribution in [3.05, 3.63) is 54.8 Å². The zero-order valence-electron chi connectivity index (χ0n) is 9.72. The van der Waals surface area contributed by atoms with Gasteiger partial charge in [-0.3, -0.25) is 4.79 Å². The summed E-state index contributed by atoms with van der Waals surface area (Å²) in [6, 6.07) is 4.93. The van der Waals surface area contributed by atoms with Crippen LogP contribution in [0.3, 0.4) is 0 Å². The number of aromatic carboxylic acids is 1. The molecule has 1 N–H and O–H groups in total. The average molecular weight is 388 g/mol. The summed E-state index contributed by atoms with van der Waals surface area (Å²) in [5.41, 5.74) is 0.528. The number of aryl methyl sites for hydroxylation is 1. The zero-order chi connectivity index (χ0) is 14.2. The van der Waals surface area contributed by atoms with Gasteiger partial charge in [0.2, 0.25) is 11.1 Å². The zero-order valence-corrected chi connectivity index (χ0v) is 12.9.